The van der Waals surface area contributed by atoms with Crippen molar-refractivity contribution < 1.29 is 22.7 Å². The number of halogens is 1. The lowest BCUT2D eigenvalue weighted by Gasteiger charge is -2.13. The molecule has 2 aromatic heterocycles. The molecule has 0 fully saturated rings. The van der Waals surface area contributed by atoms with E-state index in [4.69, 9.17) is 4.74 Å². The molecule has 0 radical (unpaired) electrons. The van der Waals surface area contributed by atoms with Gasteiger partial charge in [0.1, 0.15) is 5.00 Å². The number of sulfone groups is 1. The lowest BCUT2D eigenvalue weighted by Crippen LogP contribution is -2.20. The first-order chi connectivity index (χ1) is 12.3. The van der Waals surface area contributed by atoms with E-state index in [0.717, 1.165) is 11.3 Å². The Morgan fingerprint density at radius 3 is 2.85 bits per heavy atom. The molecule has 0 spiro atoms. The number of carbonyl (C=O) groups is 2. The minimum atomic E-state index is -3.19. The lowest BCUT2D eigenvalue weighted by atomic mass is 10.1. The fourth-order valence-electron chi connectivity index (χ4n) is 2.64. The van der Waals surface area contributed by atoms with Crippen molar-refractivity contribution in [3.8, 4) is 0 Å². The maximum absolute atomic E-state index is 12.5. The third kappa shape index (κ3) is 3.97. The van der Waals surface area contributed by atoms with Crippen LogP contribution < -0.4 is 5.32 Å². The molecular weight excluding hydrogens is 444 g/mol. The fourth-order valence-corrected chi connectivity index (χ4v) is 6.04. The van der Waals surface area contributed by atoms with Crippen molar-refractivity contribution in [3.63, 3.8) is 0 Å². The highest BCUT2D eigenvalue weighted by atomic mass is 79.9. The summed E-state index contributed by atoms with van der Waals surface area (Å²) in [5.74, 6) is -1.16. The number of anilines is 1. The van der Waals surface area contributed by atoms with E-state index in [1.807, 2.05) is 0 Å². The molecular formula is C16H15BrN2O5S2. The van der Waals surface area contributed by atoms with Crippen LogP contribution in [0.15, 0.2) is 22.9 Å². The molecule has 0 saturated carbocycles. The number of esters is 1. The first kappa shape index (κ1) is 19.0. The number of thiophene rings is 1. The number of fused-ring (bicyclic) bond motifs is 1. The summed E-state index contributed by atoms with van der Waals surface area (Å²) in [4.78, 5) is 29.4. The fraction of sp³-hybridized carbons (Fsp3) is 0.312. The molecule has 0 saturated heterocycles. The summed E-state index contributed by atoms with van der Waals surface area (Å²) in [6.07, 6.45) is 3.19. The number of amides is 1. The number of ether oxygens (including phenoxy) is 1. The third-order valence-electron chi connectivity index (χ3n) is 3.78. The molecule has 1 aliphatic heterocycles. The van der Waals surface area contributed by atoms with Gasteiger partial charge in [0.25, 0.3) is 5.91 Å². The lowest BCUT2D eigenvalue weighted by molar-refractivity contribution is 0.0527. The Hall–Kier alpha value is -1.78. The zero-order valence-electron chi connectivity index (χ0n) is 13.7. The molecule has 3 heterocycles. The minimum Gasteiger partial charge on any atom is -0.462 e. The van der Waals surface area contributed by atoms with Crippen molar-refractivity contribution in [2.75, 3.05) is 17.7 Å². The molecule has 0 aliphatic carbocycles. The van der Waals surface area contributed by atoms with E-state index < -0.39 is 21.7 Å². The molecule has 0 aromatic carbocycles. The Kier molecular flexibility index (Phi) is 5.44. The Bertz CT molecular complexity index is 985. The zero-order chi connectivity index (χ0) is 18.9. The number of carbonyl (C=O) groups excluding carboxylic acids is 2. The molecule has 1 N–H and O–H groups in total. The van der Waals surface area contributed by atoms with Gasteiger partial charge in [-0.05, 0) is 40.9 Å². The van der Waals surface area contributed by atoms with Gasteiger partial charge in [-0.15, -0.1) is 11.3 Å². The van der Waals surface area contributed by atoms with Gasteiger partial charge in [0.2, 0.25) is 0 Å². The summed E-state index contributed by atoms with van der Waals surface area (Å²) in [7, 11) is -3.19. The van der Waals surface area contributed by atoms with Crippen molar-refractivity contribution in [2.24, 2.45) is 0 Å². The molecule has 3 rings (SSSR count). The van der Waals surface area contributed by atoms with Gasteiger partial charge in [-0.2, -0.15) is 0 Å². The molecule has 0 atom stereocenters. The molecule has 138 valence electrons. The second kappa shape index (κ2) is 7.45. The number of rotatable bonds is 4. The number of nitrogens with one attached hydrogen (secondary N) is 1. The van der Waals surface area contributed by atoms with Crippen LogP contribution in [0.5, 0.6) is 0 Å². The van der Waals surface area contributed by atoms with Crippen molar-refractivity contribution in [1.29, 1.82) is 0 Å². The Morgan fingerprint density at radius 1 is 1.38 bits per heavy atom. The van der Waals surface area contributed by atoms with Crippen LogP contribution in [-0.2, 0) is 26.7 Å². The molecule has 7 nitrogen and oxygen atoms in total. The van der Waals surface area contributed by atoms with Crippen LogP contribution >= 0.6 is 27.3 Å². The van der Waals surface area contributed by atoms with Crippen molar-refractivity contribution in [1.82, 2.24) is 4.98 Å². The second-order valence-electron chi connectivity index (χ2n) is 5.62. The predicted molar refractivity (Wildman–Crippen MR) is 101 cm³/mol. The summed E-state index contributed by atoms with van der Waals surface area (Å²) < 4.78 is 29.5. The smallest absolute Gasteiger partial charge is 0.341 e. The maximum Gasteiger partial charge on any atom is 0.341 e. The van der Waals surface area contributed by atoms with Crippen LogP contribution in [0.25, 0.3) is 0 Å². The summed E-state index contributed by atoms with van der Waals surface area (Å²) in [6.45, 7) is 1.87. The second-order valence-corrected chi connectivity index (χ2v) is 9.82. The highest BCUT2D eigenvalue weighted by Gasteiger charge is 2.32. The normalized spacial score (nSPS) is 15.2. The molecule has 26 heavy (non-hydrogen) atoms. The van der Waals surface area contributed by atoms with E-state index in [0.29, 0.717) is 25.5 Å². The van der Waals surface area contributed by atoms with Gasteiger partial charge in [-0.25, -0.2) is 13.2 Å². The Morgan fingerprint density at radius 2 is 2.15 bits per heavy atom. The monoisotopic (exact) mass is 458 g/mol. The molecule has 2 aromatic rings. The van der Waals surface area contributed by atoms with Crippen LogP contribution in [-0.4, -0.2) is 37.6 Å². The van der Waals surface area contributed by atoms with E-state index in [2.05, 4.69) is 26.2 Å². The Balaban J connectivity index is 1.99. The van der Waals surface area contributed by atoms with Crippen molar-refractivity contribution in [2.45, 2.75) is 19.1 Å². The van der Waals surface area contributed by atoms with Crippen LogP contribution in [0, 0.1) is 0 Å². The highest BCUT2D eigenvalue weighted by molar-refractivity contribution is 9.10. The molecule has 10 heteroatoms. The average molecular weight is 459 g/mol. The van der Waals surface area contributed by atoms with Gasteiger partial charge in [-0.3, -0.25) is 9.78 Å². The van der Waals surface area contributed by atoms with Gasteiger partial charge in [0.15, 0.2) is 9.84 Å². The number of aromatic nitrogens is 1. The predicted octanol–water partition coefficient (Wildman–Crippen LogP) is 2.81. The van der Waals surface area contributed by atoms with E-state index in [1.54, 1.807) is 19.2 Å². The largest absolute Gasteiger partial charge is 0.462 e. The number of hydrogen-bond donors (Lipinski definition) is 1. The summed E-state index contributed by atoms with van der Waals surface area (Å²) in [5.41, 5.74) is 1.21. The van der Waals surface area contributed by atoms with Crippen molar-refractivity contribution >= 4 is 54.0 Å². The van der Waals surface area contributed by atoms with Gasteiger partial charge in [0, 0.05) is 21.7 Å². The first-order valence-corrected chi connectivity index (χ1v) is 11.2. The van der Waals surface area contributed by atoms with Gasteiger partial charge < -0.3 is 10.1 Å². The minimum absolute atomic E-state index is 0.0217. The van der Waals surface area contributed by atoms with E-state index >= 15 is 0 Å². The van der Waals surface area contributed by atoms with E-state index in [1.165, 1.54) is 6.20 Å². The van der Waals surface area contributed by atoms with Crippen LogP contribution in [0.3, 0.4) is 0 Å². The molecule has 1 aliphatic rings. The standard InChI is InChI=1S/C16H15BrN2O5S2/c1-2-24-16(21)13-11-3-4-26(22,23)8-12(11)25-15(13)19-14(20)9-5-10(17)7-18-6-9/h5-7H,2-4,8H2,1H3,(H,19,20). The number of hydrogen-bond acceptors (Lipinski definition) is 7. The SMILES string of the molecule is CCOC(=O)c1c(NC(=O)c2cncc(Br)c2)sc2c1CCS(=O)(=O)C2. The van der Waals surface area contributed by atoms with E-state index in [-0.39, 0.29) is 30.1 Å². The van der Waals surface area contributed by atoms with Crippen LogP contribution in [0.4, 0.5) is 5.00 Å². The quantitative estimate of drug-likeness (QED) is 0.706. The highest BCUT2D eigenvalue weighted by Crippen LogP contribution is 2.38. The summed E-state index contributed by atoms with van der Waals surface area (Å²) >= 11 is 4.35. The third-order valence-corrected chi connectivity index (χ3v) is 7.10. The number of nitrogens with zero attached hydrogens (tertiary/aromatic N) is 1. The first-order valence-electron chi connectivity index (χ1n) is 7.74. The maximum atomic E-state index is 12.5. The van der Waals surface area contributed by atoms with Gasteiger partial charge in [0.05, 0.1) is 29.2 Å². The number of pyridine rings is 1. The Labute approximate surface area is 162 Å². The van der Waals surface area contributed by atoms with Crippen LogP contribution in [0.1, 0.15) is 38.1 Å². The zero-order valence-corrected chi connectivity index (χ0v) is 17.0. The summed E-state index contributed by atoms with van der Waals surface area (Å²) in [6, 6.07) is 1.60. The summed E-state index contributed by atoms with van der Waals surface area (Å²) in [5, 5.41) is 3.00. The van der Waals surface area contributed by atoms with Gasteiger partial charge in [-0.1, -0.05) is 0 Å². The molecule has 0 bridgehead atoms. The van der Waals surface area contributed by atoms with Crippen LogP contribution in [0.2, 0.25) is 0 Å². The van der Waals surface area contributed by atoms with Gasteiger partial charge >= 0.3 is 5.97 Å². The average Bonchev–Trinajstić information content (AvgIpc) is 2.90. The van der Waals surface area contributed by atoms with Crippen molar-refractivity contribution in [3.05, 3.63) is 44.5 Å². The topological polar surface area (TPSA) is 102 Å². The molecule has 1 amide bonds. The van der Waals surface area contributed by atoms with E-state index in [9.17, 15) is 18.0 Å². The molecule has 0 unspecified atom stereocenters.